The van der Waals surface area contributed by atoms with E-state index in [2.05, 4.69) is 11.9 Å². The van der Waals surface area contributed by atoms with Crippen LogP contribution < -0.4 is 5.73 Å². The Hall–Kier alpha value is -0.790. The van der Waals surface area contributed by atoms with Gasteiger partial charge >= 0.3 is 0 Å². The zero-order valence-corrected chi connectivity index (χ0v) is 6.31. The molecule has 0 aromatic heterocycles. The van der Waals surface area contributed by atoms with Gasteiger partial charge < -0.3 is 5.73 Å². The maximum absolute atomic E-state index is 5.21. The molecule has 0 rings (SSSR count). The minimum atomic E-state index is 0.884. The van der Waals surface area contributed by atoms with Gasteiger partial charge in [0.2, 0.25) is 0 Å². The highest BCUT2D eigenvalue weighted by atomic mass is 14.8. The van der Waals surface area contributed by atoms with E-state index in [9.17, 15) is 0 Å². The van der Waals surface area contributed by atoms with Gasteiger partial charge in [0.1, 0.15) is 0 Å². The van der Waals surface area contributed by atoms with Gasteiger partial charge in [-0.05, 0) is 20.3 Å². The number of allylic oxidation sites excluding steroid dienone is 1. The molecule has 9 heavy (non-hydrogen) atoms. The second kappa shape index (κ2) is 4.13. The van der Waals surface area contributed by atoms with E-state index in [0.29, 0.717) is 0 Å². The first kappa shape index (κ1) is 8.21. The van der Waals surface area contributed by atoms with Crippen LogP contribution in [0.1, 0.15) is 27.2 Å². The Bertz CT molecular complexity index is 134. The first-order valence-corrected chi connectivity index (χ1v) is 3.13. The van der Waals surface area contributed by atoms with Crippen molar-refractivity contribution in [3.63, 3.8) is 0 Å². The number of nitrogens with two attached hydrogens (primary N) is 1. The molecule has 0 bridgehead atoms. The number of rotatable bonds is 2. The van der Waals surface area contributed by atoms with E-state index < -0.39 is 0 Å². The van der Waals surface area contributed by atoms with Gasteiger partial charge in [-0.3, -0.25) is 4.99 Å². The molecule has 0 heterocycles. The van der Waals surface area contributed by atoms with Gasteiger partial charge in [-0.2, -0.15) is 0 Å². The molecular formula is C7H14N2. The molecule has 2 N–H and O–H groups in total. The molecule has 0 aliphatic carbocycles. The molecule has 0 spiro atoms. The van der Waals surface area contributed by atoms with Crippen molar-refractivity contribution in [1.29, 1.82) is 0 Å². The van der Waals surface area contributed by atoms with E-state index in [1.807, 2.05) is 13.8 Å². The maximum atomic E-state index is 5.21. The van der Waals surface area contributed by atoms with Gasteiger partial charge in [0.05, 0.1) is 5.70 Å². The minimum absolute atomic E-state index is 0.884. The highest BCUT2D eigenvalue weighted by Crippen LogP contribution is 1.94. The van der Waals surface area contributed by atoms with E-state index in [4.69, 9.17) is 5.73 Å². The van der Waals surface area contributed by atoms with Crippen LogP contribution >= 0.6 is 0 Å². The number of hydrogen-bond donors (Lipinski definition) is 1. The third-order valence-electron chi connectivity index (χ3n) is 1.12. The summed E-state index contributed by atoms with van der Waals surface area (Å²) in [6.45, 7) is 5.95. The van der Waals surface area contributed by atoms with Crippen LogP contribution in [0.5, 0.6) is 0 Å². The van der Waals surface area contributed by atoms with Crippen LogP contribution in [0, 0.1) is 0 Å². The van der Waals surface area contributed by atoms with Crippen LogP contribution in [0.2, 0.25) is 0 Å². The SMILES string of the molecule is CCC(C)=N/C(C)=C\N. The molecule has 0 aromatic carbocycles. The van der Waals surface area contributed by atoms with E-state index in [0.717, 1.165) is 17.8 Å². The first-order chi connectivity index (χ1) is 4.20. The van der Waals surface area contributed by atoms with Crippen molar-refractivity contribution < 1.29 is 0 Å². The van der Waals surface area contributed by atoms with Crippen LogP contribution in [-0.2, 0) is 0 Å². The lowest BCUT2D eigenvalue weighted by atomic mass is 10.3. The zero-order chi connectivity index (χ0) is 7.28. The van der Waals surface area contributed by atoms with Crippen LogP contribution in [0.25, 0.3) is 0 Å². The second-order valence-electron chi connectivity index (χ2n) is 2.01. The van der Waals surface area contributed by atoms with E-state index in [1.165, 1.54) is 6.20 Å². The molecular weight excluding hydrogens is 112 g/mol. The summed E-state index contributed by atoms with van der Waals surface area (Å²) in [4.78, 5) is 4.17. The summed E-state index contributed by atoms with van der Waals surface area (Å²) in [6.07, 6.45) is 2.50. The third kappa shape index (κ3) is 3.76. The standard InChI is InChI=1S/C7H14N2/c1-4-6(2)9-7(3)5-8/h5H,4,8H2,1-3H3/b7-5-,9-6?. The highest BCUT2D eigenvalue weighted by Gasteiger charge is 1.84. The fourth-order valence-corrected chi connectivity index (χ4v) is 0.417. The van der Waals surface area contributed by atoms with Crippen LogP contribution in [0.4, 0.5) is 0 Å². The van der Waals surface area contributed by atoms with Gasteiger partial charge in [-0.25, -0.2) is 0 Å². The average Bonchev–Trinajstić information content (AvgIpc) is 1.87. The van der Waals surface area contributed by atoms with Crippen LogP contribution in [-0.4, -0.2) is 5.71 Å². The lowest BCUT2D eigenvalue weighted by Gasteiger charge is -1.93. The fraction of sp³-hybridized carbons (Fsp3) is 0.571. The number of hydrogen-bond acceptors (Lipinski definition) is 2. The zero-order valence-electron chi connectivity index (χ0n) is 6.31. The van der Waals surface area contributed by atoms with Crippen molar-refractivity contribution in [2.45, 2.75) is 27.2 Å². The molecule has 0 amide bonds. The Labute approximate surface area is 56.5 Å². The summed E-state index contributed by atoms with van der Waals surface area (Å²) in [6, 6.07) is 0. The number of nitrogens with zero attached hydrogens (tertiary/aromatic N) is 1. The summed E-state index contributed by atoms with van der Waals surface area (Å²) in [5, 5.41) is 0. The lowest BCUT2D eigenvalue weighted by molar-refractivity contribution is 1.19. The number of aliphatic imine (C=N–C) groups is 1. The van der Waals surface area contributed by atoms with Crippen molar-refractivity contribution in [3.8, 4) is 0 Å². The highest BCUT2D eigenvalue weighted by molar-refractivity contribution is 5.82. The minimum Gasteiger partial charge on any atom is -0.403 e. The Morgan fingerprint density at radius 1 is 1.56 bits per heavy atom. The van der Waals surface area contributed by atoms with E-state index in [-0.39, 0.29) is 0 Å². The quantitative estimate of drug-likeness (QED) is 0.561. The molecule has 0 aliphatic rings. The predicted octanol–water partition coefficient (Wildman–Crippen LogP) is 1.68. The van der Waals surface area contributed by atoms with Gasteiger partial charge in [-0.1, -0.05) is 6.92 Å². The molecule has 0 saturated carbocycles. The average molecular weight is 126 g/mol. The predicted molar refractivity (Wildman–Crippen MR) is 41.3 cm³/mol. The Kier molecular flexibility index (Phi) is 3.76. The Morgan fingerprint density at radius 3 is 2.44 bits per heavy atom. The van der Waals surface area contributed by atoms with Crippen molar-refractivity contribution in [2.75, 3.05) is 0 Å². The molecule has 0 fully saturated rings. The summed E-state index contributed by atoms with van der Waals surface area (Å²) in [5.74, 6) is 0. The monoisotopic (exact) mass is 126 g/mol. The molecule has 0 atom stereocenters. The topological polar surface area (TPSA) is 38.4 Å². The molecule has 0 saturated heterocycles. The molecule has 0 aromatic rings. The summed E-state index contributed by atoms with van der Waals surface area (Å²) < 4.78 is 0. The second-order valence-corrected chi connectivity index (χ2v) is 2.01. The molecule has 52 valence electrons. The normalized spacial score (nSPS) is 14.1. The van der Waals surface area contributed by atoms with Gasteiger partial charge in [0, 0.05) is 11.9 Å². The third-order valence-corrected chi connectivity index (χ3v) is 1.12. The molecule has 0 radical (unpaired) electrons. The molecule has 0 unspecified atom stereocenters. The van der Waals surface area contributed by atoms with E-state index in [1.54, 1.807) is 0 Å². The molecule has 0 aliphatic heterocycles. The molecule has 2 nitrogen and oxygen atoms in total. The summed E-state index contributed by atoms with van der Waals surface area (Å²) in [7, 11) is 0. The lowest BCUT2D eigenvalue weighted by Crippen LogP contribution is -1.89. The van der Waals surface area contributed by atoms with Crippen molar-refractivity contribution in [1.82, 2.24) is 0 Å². The van der Waals surface area contributed by atoms with Gasteiger partial charge in [-0.15, -0.1) is 0 Å². The van der Waals surface area contributed by atoms with Crippen molar-refractivity contribution >= 4 is 5.71 Å². The summed E-state index contributed by atoms with van der Waals surface area (Å²) >= 11 is 0. The van der Waals surface area contributed by atoms with Crippen molar-refractivity contribution in [3.05, 3.63) is 11.9 Å². The van der Waals surface area contributed by atoms with Gasteiger partial charge in [0.15, 0.2) is 0 Å². The van der Waals surface area contributed by atoms with Crippen LogP contribution in [0.3, 0.4) is 0 Å². The molecule has 2 heteroatoms. The Balaban J connectivity index is 3.95. The fourth-order valence-electron chi connectivity index (χ4n) is 0.417. The Morgan fingerprint density at radius 2 is 2.11 bits per heavy atom. The van der Waals surface area contributed by atoms with Gasteiger partial charge in [0.25, 0.3) is 0 Å². The van der Waals surface area contributed by atoms with E-state index >= 15 is 0 Å². The first-order valence-electron chi connectivity index (χ1n) is 3.13. The summed E-state index contributed by atoms with van der Waals surface area (Å²) in [5.41, 5.74) is 7.21. The largest absolute Gasteiger partial charge is 0.403 e. The maximum Gasteiger partial charge on any atom is 0.0526 e. The van der Waals surface area contributed by atoms with Crippen LogP contribution in [0.15, 0.2) is 16.9 Å². The smallest absolute Gasteiger partial charge is 0.0526 e. The van der Waals surface area contributed by atoms with Crippen molar-refractivity contribution in [2.24, 2.45) is 10.7 Å².